The molecule has 5 heteroatoms. The summed E-state index contributed by atoms with van der Waals surface area (Å²) in [5.74, 6) is 0. The molecule has 0 unspecified atom stereocenters. The van der Waals surface area contributed by atoms with E-state index in [0.29, 0.717) is 31.8 Å². The lowest BCUT2D eigenvalue weighted by Gasteiger charge is -2.40. The lowest BCUT2D eigenvalue weighted by molar-refractivity contribution is -0.0565. The molecule has 4 nitrogen and oxygen atoms in total. The van der Waals surface area contributed by atoms with Crippen molar-refractivity contribution in [2.24, 2.45) is 0 Å². The van der Waals surface area contributed by atoms with E-state index < -0.39 is 12.2 Å². The smallest absolute Gasteiger partial charge is 0.0938 e. The number of hydrogen-bond donors (Lipinski definition) is 2. The summed E-state index contributed by atoms with van der Waals surface area (Å²) in [6.45, 7) is 1.86. The summed E-state index contributed by atoms with van der Waals surface area (Å²) in [4.78, 5) is 2.18. The van der Waals surface area contributed by atoms with Gasteiger partial charge in [0.25, 0.3) is 0 Å². The fourth-order valence-electron chi connectivity index (χ4n) is 2.86. The minimum atomic E-state index is -0.579. The van der Waals surface area contributed by atoms with Crippen LogP contribution in [0.2, 0.25) is 0 Å². The first kappa shape index (κ1) is 16.2. The molecule has 1 aliphatic carbocycles. The van der Waals surface area contributed by atoms with Crippen molar-refractivity contribution in [3.05, 3.63) is 35.9 Å². The highest BCUT2D eigenvalue weighted by atomic mass is 127. The predicted molar refractivity (Wildman–Crippen MR) is 87.0 cm³/mol. The zero-order valence-corrected chi connectivity index (χ0v) is 13.7. The van der Waals surface area contributed by atoms with E-state index in [-0.39, 0.29) is 24.0 Å². The molecule has 112 valence electrons. The summed E-state index contributed by atoms with van der Waals surface area (Å²) in [5.41, 5.74) is 1.21. The molecule has 1 saturated carbocycles. The number of benzene rings is 1. The molecule has 1 aromatic carbocycles. The third kappa shape index (κ3) is 3.71. The van der Waals surface area contributed by atoms with Gasteiger partial charge >= 0.3 is 0 Å². The van der Waals surface area contributed by atoms with Gasteiger partial charge in [-0.3, -0.25) is 4.90 Å². The lowest BCUT2D eigenvalue weighted by atomic mass is 9.88. The summed E-state index contributed by atoms with van der Waals surface area (Å²) >= 11 is 0. The number of aliphatic hydroxyl groups is 2. The minimum Gasteiger partial charge on any atom is -0.389 e. The topological polar surface area (TPSA) is 52.9 Å². The maximum atomic E-state index is 9.53. The van der Waals surface area contributed by atoms with Crippen molar-refractivity contribution >= 4 is 24.0 Å². The Labute approximate surface area is 136 Å². The van der Waals surface area contributed by atoms with Crippen LogP contribution in [0.1, 0.15) is 18.4 Å². The van der Waals surface area contributed by atoms with Crippen LogP contribution in [-0.4, -0.2) is 52.6 Å². The van der Waals surface area contributed by atoms with Crippen LogP contribution in [0.5, 0.6) is 0 Å². The number of aliphatic hydroxyl groups excluding tert-OH is 2. The third-order valence-electron chi connectivity index (χ3n) is 4.20. The zero-order chi connectivity index (χ0) is 13.2. The number of hydrogen-bond acceptors (Lipinski definition) is 4. The number of nitrogens with zero attached hydrogens (tertiary/aromatic N) is 1. The largest absolute Gasteiger partial charge is 0.389 e. The Kier molecular flexibility index (Phi) is 5.80. The Morgan fingerprint density at radius 1 is 1.05 bits per heavy atom. The predicted octanol–water partition coefficient (Wildman–Crippen LogP) is 1.39. The molecule has 3 rings (SSSR count). The van der Waals surface area contributed by atoms with Crippen molar-refractivity contribution < 1.29 is 14.9 Å². The monoisotopic (exact) mass is 391 g/mol. The first-order valence-corrected chi connectivity index (χ1v) is 6.98. The number of β-amino-alcohol motifs (C(OH)–C–C–N with tert-alkyl or cyclic N) is 2. The Morgan fingerprint density at radius 3 is 2.25 bits per heavy atom. The Morgan fingerprint density at radius 2 is 1.65 bits per heavy atom. The Balaban J connectivity index is 0.00000147. The number of halogens is 1. The van der Waals surface area contributed by atoms with E-state index in [2.05, 4.69) is 17.0 Å². The quantitative estimate of drug-likeness (QED) is 0.762. The van der Waals surface area contributed by atoms with Gasteiger partial charge in [-0.2, -0.15) is 0 Å². The number of ether oxygens (including phenoxy) is 1. The third-order valence-corrected chi connectivity index (χ3v) is 4.20. The highest BCUT2D eigenvalue weighted by Crippen LogP contribution is 2.31. The number of rotatable bonds is 4. The van der Waals surface area contributed by atoms with Gasteiger partial charge in [-0.15, -0.1) is 24.0 Å². The van der Waals surface area contributed by atoms with Crippen molar-refractivity contribution in [2.75, 3.05) is 13.1 Å². The first-order valence-electron chi connectivity index (χ1n) is 6.98. The van der Waals surface area contributed by atoms with Gasteiger partial charge in [0.2, 0.25) is 0 Å². The van der Waals surface area contributed by atoms with Crippen LogP contribution in [0, 0.1) is 0 Å². The standard InChI is InChI=1S/C15H21NO3.HI/c17-14-8-16(9-15(14)18)12-6-13(7-12)19-10-11-4-2-1-3-5-11;/h1-5,12-15,17-18H,6-10H2;1H/t12?,13?,14-,15+;. The van der Waals surface area contributed by atoms with Gasteiger partial charge in [-0.25, -0.2) is 0 Å². The summed E-state index contributed by atoms with van der Waals surface area (Å²) in [7, 11) is 0. The average Bonchev–Trinajstić information content (AvgIpc) is 2.68. The van der Waals surface area contributed by atoms with Crippen molar-refractivity contribution in [3.8, 4) is 0 Å². The van der Waals surface area contributed by atoms with E-state index in [0.717, 1.165) is 12.8 Å². The molecule has 1 heterocycles. The van der Waals surface area contributed by atoms with Crippen LogP contribution < -0.4 is 0 Å². The first-order chi connectivity index (χ1) is 9.22. The second kappa shape index (κ2) is 7.17. The summed E-state index contributed by atoms with van der Waals surface area (Å²) in [6, 6.07) is 10.7. The highest BCUT2D eigenvalue weighted by Gasteiger charge is 2.40. The molecule has 1 saturated heterocycles. The molecular formula is C15H22INO3. The van der Waals surface area contributed by atoms with Gasteiger partial charge in [0.15, 0.2) is 0 Å². The van der Waals surface area contributed by atoms with Gasteiger partial charge in [-0.1, -0.05) is 30.3 Å². The van der Waals surface area contributed by atoms with Crippen LogP contribution in [0.4, 0.5) is 0 Å². The second-order valence-electron chi connectivity index (χ2n) is 5.63. The average molecular weight is 391 g/mol. The van der Waals surface area contributed by atoms with Gasteiger partial charge in [0.1, 0.15) is 0 Å². The maximum Gasteiger partial charge on any atom is 0.0938 e. The van der Waals surface area contributed by atoms with Crippen molar-refractivity contribution in [2.45, 2.75) is 43.8 Å². The van der Waals surface area contributed by atoms with E-state index in [4.69, 9.17) is 4.74 Å². The van der Waals surface area contributed by atoms with Crippen LogP contribution in [0.3, 0.4) is 0 Å². The molecule has 0 radical (unpaired) electrons. The van der Waals surface area contributed by atoms with E-state index in [9.17, 15) is 10.2 Å². The molecule has 20 heavy (non-hydrogen) atoms. The second-order valence-corrected chi connectivity index (χ2v) is 5.63. The summed E-state index contributed by atoms with van der Waals surface area (Å²) in [5, 5.41) is 19.1. The minimum absolute atomic E-state index is 0. The number of likely N-dealkylation sites (tertiary alicyclic amines) is 1. The van der Waals surface area contributed by atoms with Crippen LogP contribution in [0.15, 0.2) is 30.3 Å². The molecule has 1 aliphatic heterocycles. The highest BCUT2D eigenvalue weighted by molar-refractivity contribution is 14.0. The Bertz CT molecular complexity index is 401. The normalized spacial score (nSPS) is 33.5. The molecule has 2 N–H and O–H groups in total. The molecule has 0 aromatic heterocycles. The Hall–Kier alpha value is -0.210. The molecule has 0 spiro atoms. The summed E-state index contributed by atoms with van der Waals surface area (Å²) < 4.78 is 5.86. The van der Waals surface area contributed by atoms with E-state index in [1.54, 1.807) is 0 Å². The van der Waals surface area contributed by atoms with Gasteiger partial charge < -0.3 is 14.9 Å². The van der Waals surface area contributed by atoms with Gasteiger partial charge in [-0.05, 0) is 18.4 Å². The van der Waals surface area contributed by atoms with E-state index >= 15 is 0 Å². The van der Waals surface area contributed by atoms with Gasteiger partial charge in [0, 0.05) is 19.1 Å². The lowest BCUT2D eigenvalue weighted by Crippen LogP contribution is -2.47. The molecule has 2 fully saturated rings. The summed E-state index contributed by atoms with van der Waals surface area (Å²) in [6.07, 6.45) is 1.17. The zero-order valence-electron chi connectivity index (χ0n) is 11.4. The molecule has 2 aliphatic rings. The van der Waals surface area contributed by atoms with Crippen LogP contribution in [0.25, 0.3) is 0 Å². The van der Waals surface area contributed by atoms with E-state index in [1.165, 1.54) is 5.56 Å². The SMILES string of the molecule is I.O[C@@H]1CN(C2CC(OCc3ccccc3)C2)C[C@@H]1O. The molecule has 0 amide bonds. The van der Waals surface area contributed by atoms with E-state index in [1.807, 2.05) is 18.2 Å². The van der Waals surface area contributed by atoms with Gasteiger partial charge in [0.05, 0.1) is 24.9 Å². The molecule has 1 aromatic rings. The molecular weight excluding hydrogens is 369 g/mol. The maximum absolute atomic E-state index is 9.53. The van der Waals surface area contributed by atoms with Crippen LogP contribution >= 0.6 is 24.0 Å². The molecule has 0 bridgehead atoms. The van der Waals surface area contributed by atoms with Crippen molar-refractivity contribution in [3.63, 3.8) is 0 Å². The molecule has 2 atom stereocenters. The fourth-order valence-corrected chi connectivity index (χ4v) is 2.86. The van der Waals surface area contributed by atoms with Crippen molar-refractivity contribution in [1.82, 2.24) is 4.90 Å². The fraction of sp³-hybridized carbons (Fsp3) is 0.600. The van der Waals surface area contributed by atoms with Crippen molar-refractivity contribution in [1.29, 1.82) is 0 Å². The van der Waals surface area contributed by atoms with Crippen LogP contribution in [-0.2, 0) is 11.3 Å².